The van der Waals surface area contributed by atoms with Gasteiger partial charge in [-0.05, 0) is 70.3 Å². The second-order valence-corrected chi connectivity index (χ2v) is 7.81. The second-order valence-electron chi connectivity index (χ2n) is 7.81. The zero-order valence-electron chi connectivity index (χ0n) is 15.0. The first-order chi connectivity index (χ1) is 11.5. The molecule has 2 saturated heterocycles. The van der Waals surface area contributed by atoms with Crippen molar-refractivity contribution in [3.8, 4) is 0 Å². The topological polar surface area (TPSA) is 41.6 Å². The van der Waals surface area contributed by atoms with Crippen LogP contribution in [0.25, 0.3) is 0 Å². The molecule has 0 radical (unpaired) electrons. The Kier molecular flexibility index (Phi) is 5.57. The molecule has 4 nitrogen and oxygen atoms in total. The third-order valence-electron chi connectivity index (χ3n) is 5.08. The molecule has 0 bridgehead atoms. The molecule has 24 heavy (non-hydrogen) atoms. The molecule has 4 heteroatoms. The summed E-state index contributed by atoms with van der Waals surface area (Å²) in [6.07, 6.45) is 5.69. The summed E-state index contributed by atoms with van der Waals surface area (Å²) in [5.41, 5.74) is 1.86. The maximum absolute atomic E-state index is 12.6. The Morgan fingerprint density at radius 1 is 1.29 bits per heavy atom. The summed E-state index contributed by atoms with van der Waals surface area (Å²) in [5.74, 6) is 0.0400. The molecule has 1 N–H and O–H groups in total. The van der Waals surface area contributed by atoms with Crippen molar-refractivity contribution in [2.75, 3.05) is 19.7 Å². The van der Waals surface area contributed by atoms with Crippen molar-refractivity contribution in [1.29, 1.82) is 0 Å². The van der Waals surface area contributed by atoms with Crippen molar-refractivity contribution in [2.45, 2.75) is 64.1 Å². The van der Waals surface area contributed by atoms with Gasteiger partial charge in [-0.3, -0.25) is 9.69 Å². The number of amides is 1. The van der Waals surface area contributed by atoms with Crippen LogP contribution in [-0.4, -0.2) is 42.1 Å². The van der Waals surface area contributed by atoms with Gasteiger partial charge in [-0.25, -0.2) is 0 Å². The van der Waals surface area contributed by atoms with Gasteiger partial charge in [0.05, 0.1) is 5.60 Å². The van der Waals surface area contributed by atoms with Gasteiger partial charge in [0.1, 0.15) is 0 Å². The van der Waals surface area contributed by atoms with Crippen molar-refractivity contribution in [3.63, 3.8) is 0 Å². The molecule has 2 aliphatic rings. The van der Waals surface area contributed by atoms with Gasteiger partial charge in [0.25, 0.3) is 5.91 Å². The first kappa shape index (κ1) is 17.4. The summed E-state index contributed by atoms with van der Waals surface area (Å²) in [6, 6.07) is 8.30. The van der Waals surface area contributed by atoms with Gasteiger partial charge in [0.15, 0.2) is 0 Å². The number of likely N-dealkylation sites (tertiary alicyclic amines) is 1. The lowest BCUT2D eigenvalue weighted by Gasteiger charge is -2.35. The standard InChI is InChI=1S/C20H30N2O2/c1-20(2)14-18(9-12-24-20)21-19(23)17-8-6-7-16(13-17)15-22-10-4-3-5-11-22/h6-8,13,18H,3-5,9-12,14-15H2,1-2H3,(H,21,23)/t18-/m1/s1. The number of hydrogen-bond donors (Lipinski definition) is 1. The Bertz CT molecular complexity index is 565. The van der Waals surface area contributed by atoms with E-state index in [0.29, 0.717) is 6.61 Å². The van der Waals surface area contributed by atoms with E-state index in [9.17, 15) is 4.79 Å². The van der Waals surface area contributed by atoms with E-state index < -0.39 is 0 Å². The van der Waals surface area contributed by atoms with E-state index in [-0.39, 0.29) is 17.6 Å². The average Bonchev–Trinajstić information content (AvgIpc) is 2.55. The molecule has 0 spiro atoms. The summed E-state index contributed by atoms with van der Waals surface area (Å²) in [6.45, 7) is 8.19. The first-order valence-corrected chi connectivity index (χ1v) is 9.28. The van der Waals surface area contributed by atoms with Crippen LogP contribution in [0.3, 0.4) is 0 Å². The van der Waals surface area contributed by atoms with Gasteiger partial charge in [-0.2, -0.15) is 0 Å². The summed E-state index contributed by atoms with van der Waals surface area (Å²) >= 11 is 0. The van der Waals surface area contributed by atoms with Gasteiger partial charge in [-0.1, -0.05) is 18.6 Å². The monoisotopic (exact) mass is 330 g/mol. The molecule has 1 aromatic carbocycles. The molecule has 2 heterocycles. The predicted molar refractivity (Wildman–Crippen MR) is 96.1 cm³/mol. The maximum atomic E-state index is 12.6. The van der Waals surface area contributed by atoms with Crippen molar-refractivity contribution in [1.82, 2.24) is 10.2 Å². The van der Waals surface area contributed by atoms with Gasteiger partial charge in [-0.15, -0.1) is 0 Å². The lowest BCUT2D eigenvalue weighted by Crippen LogP contribution is -2.45. The zero-order chi connectivity index (χ0) is 17.0. The van der Waals surface area contributed by atoms with Gasteiger partial charge >= 0.3 is 0 Å². The van der Waals surface area contributed by atoms with Crippen molar-refractivity contribution in [2.24, 2.45) is 0 Å². The van der Waals surface area contributed by atoms with Crippen LogP contribution in [0.1, 0.15) is 61.9 Å². The van der Waals surface area contributed by atoms with E-state index in [1.165, 1.54) is 37.9 Å². The van der Waals surface area contributed by atoms with E-state index in [1.54, 1.807) is 0 Å². The lowest BCUT2D eigenvalue weighted by molar-refractivity contribution is -0.0615. The van der Waals surface area contributed by atoms with Gasteiger partial charge in [0, 0.05) is 24.8 Å². The van der Waals surface area contributed by atoms with Crippen LogP contribution in [0, 0.1) is 0 Å². The number of ether oxygens (including phenoxy) is 1. The highest BCUT2D eigenvalue weighted by Crippen LogP contribution is 2.24. The Labute approximate surface area is 145 Å². The van der Waals surface area contributed by atoms with E-state index >= 15 is 0 Å². The number of carbonyl (C=O) groups is 1. The van der Waals surface area contributed by atoms with Gasteiger partial charge in [0.2, 0.25) is 0 Å². The van der Waals surface area contributed by atoms with E-state index in [0.717, 1.165) is 24.9 Å². The number of rotatable bonds is 4. The number of carbonyl (C=O) groups excluding carboxylic acids is 1. The smallest absolute Gasteiger partial charge is 0.251 e. The van der Waals surface area contributed by atoms with Crippen LogP contribution in [0.2, 0.25) is 0 Å². The van der Waals surface area contributed by atoms with Crippen LogP contribution in [-0.2, 0) is 11.3 Å². The molecule has 2 aliphatic heterocycles. The maximum Gasteiger partial charge on any atom is 0.251 e. The van der Waals surface area contributed by atoms with E-state index in [2.05, 4.69) is 36.2 Å². The minimum Gasteiger partial charge on any atom is -0.375 e. The van der Waals surface area contributed by atoms with E-state index in [1.807, 2.05) is 12.1 Å². The number of nitrogens with zero attached hydrogens (tertiary/aromatic N) is 1. The molecule has 0 aromatic heterocycles. The van der Waals surface area contributed by atoms with E-state index in [4.69, 9.17) is 4.74 Å². The SMILES string of the molecule is CC1(C)C[C@H](NC(=O)c2cccc(CN3CCCCC3)c2)CCO1. The summed E-state index contributed by atoms with van der Waals surface area (Å²) in [5, 5.41) is 3.19. The fourth-order valence-corrected chi connectivity index (χ4v) is 3.81. The Morgan fingerprint density at radius 3 is 2.83 bits per heavy atom. The molecule has 132 valence electrons. The third kappa shape index (κ3) is 4.81. The van der Waals surface area contributed by atoms with Crippen LogP contribution in [0.4, 0.5) is 0 Å². The molecule has 1 atom stereocenters. The predicted octanol–water partition coefficient (Wildman–Crippen LogP) is 3.36. The summed E-state index contributed by atoms with van der Waals surface area (Å²) in [4.78, 5) is 15.1. The highest BCUT2D eigenvalue weighted by atomic mass is 16.5. The average molecular weight is 330 g/mol. The third-order valence-corrected chi connectivity index (χ3v) is 5.08. The van der Waals surface area contributed by atoms with Gasteiger partial charge < -0.3 is 10.1 Å². The first-order valence-electron chi connectivity index (χ1n) is 9.28. The minimum atomic E-state index is -0.147. The molecule has 0 aliphatic carbocycles. The Hall–Kier alpha value is -1.39. The molecule has 1 amide bonds. The van der Waals surface area contributed by atoms with Crippen molar-refractivity contribution >= 4 is 5.91 Å². The number of piperidine rings is 1. The van der Waals surface area contributed by atoms with Crippen LogP contribution in [0.5, 0.6) is 0 Å². The molecule has 0 saturated carbocycles. The molecule has 2 fully saturated rings. The van der Waals surface area contributed by atoms with Crippen LogP contribution < -0.4 is 5.32 Å². The molecule has 1 aromatic rings. The quantitative estimate of drug-likeness (QED) is 0.920. The van der Waals surface area contributed by atoms with Crippen LogP contribution in [0.15, 0.2) is 24.3 Å². The normalized spacial score (nSPS) is 24.5. The largest absolute Gasteiger partial charge is 0.375 e. The number of benzene rings is 1. The minimum absolute atomic E-state index is 0.0400. The fourth-order valence-electron chi connectivity index (χ4n) is 3.81. The Morgan fingerprint density at radius 2 is 2.08 bits per heavy atom. The van der Waals surface area contributed by atoms with Crippen LogP contribution >= 0.6 is 0 Å². The zero-order valence-corrected chi connectivity index (χ0v) is 15.0. The molecule has 3 rings (SSSR count). The van der Waals surface area contributed by atoms with Crippen molar-refractivity contribution in [3.05, 3.63) is 35.4 Å². The van der Waals surface area contributed by atoms with Crippen molar-refractivity contribution < 1.29 is 9.53 Å². The highest BCUT2D eigenvalue weighted by Gasteiger charge is 2.29. The fraction of sp³-hybridized carbons (Fsp3) is 0.650. The summed E-state index contributed by atoms with van der Waals surface area (Å²) < 4.78 is 5.73. The molecular formula is C20H30N2O2. The molecule has 0 unspecified atom stereocenters. The Balaban J connectivity index is 1.59. The second kappa shape index (κ2) is 7.66. The highest BCUT2D eigenvalue weighted by molar-refractivity contribution is 5.94. The number of nitrogens with one attached hydrogen (secondary N) is 1. The number of hydrogen-bond acceptors (Lipinski definition) is 3. The lowest BCUT2D eigenvalue weighted by atomic mass is 9.93. The summed E-state index contributed by atoms with van der Waals surface area (Å²) in [7, 11) is 0. The molecular weight excluding hydrogens is 300 g/mol.